The van der Waals surface area contributed by atoms with Crippen LogP contribution in [0.1, 0.15) is 49.8 Å². The molecule has 174 valence electrons. The molecule has 0 spiro atoms. The number of pyridine rings is 1. The van der Waals surface area contributed by atoms with Crippen LogP contribution < -0.4 is 9.64 Å². The van der Waals surface area contributed by atoms with Crippen LogP contribution in [0.5, 0.6) is 5.75 Å². The normalized spacial score (nSPS) is 22.7. The molecule has 2 aromatic rings. The monoisotopic (exact) mass is 460 g/mol. The van der Waals surface area contributed by atoms with Crippen LogP contribution in [0.25, 0.3) is 0 Å². The van der Waals surface area contributed by atoms with Crippen molar-refractivity contribution in [2.75, 3.05) is 24.2 Å². The molecule has 1 saturated carbocycles. The Morgan fingerprint density at radius 3 is 2.09 bits per heavy atom. The summed E-state index contributed by atoms with van der Waals surface area (Å²) < 4.78 is 35.9. The van der Waals surface area contributed by atoms with E-state index in [2.05, 4.69) is 19.9 Å². The molecule has 0 bridgehead atoms. The molecule has 2 aliphatic rings. The molecule has 0 aromatic carbocycles. The number of rotatable bonds is 6. The van der Waals surface area contributed by atoms with Gasteiger partial charge in [0, 0.05) is 31.7 Å². The smallest absolute Gasteiger partial charge is 0.225 e. The standard InChI is InChI=1S/C23H32N4O4S/c1-16-14-24-23(25-15-16)27-12-10-20(11-13-27)30-18-4-6-19(7-5-18)31-21-8-9-22(26-17(21)2)32(3,28)29/h8-9,14-15,18-20H,4-7,10-13H2,1-3H3. The Hall–Kier alpha value is -2.26. The Kier molecular flexibility index (Phi) is 6.95. The Morgan fingerprint density at radius 2 is 1.50 bits per heavy atom. The highest BCUT2D eigenvalue weighted by atomic mass is 32.2. The fraction of sp³-hybridized carbons (Fsp3) is 0.609. The zero-order valence-corrected chi connectivity index (χ0v) is 19.8. The number of hydrogen-bond donors (Lipinski definition) is 0. The fourth-order valence-corrected chi connectivity index (χ4v) is 4.95. The number of sulfone groups is 1. The van der Waals surface area contributed by atoms with Crippen molar-refractivity contribution in [3.8, 4) is 5.75 Å². The van der Waals surface area contributed by atoms with Crippen molar-refractivity contribution in [1.82, 2.24) is 15.0 Å². The quantitative estimate of drug-likeness (QED) is 0.648. The summed E-state index contributed by atoms with van der Waals surface area (Å²) in [4.78, 5) is 15.3. The van der Waals surface area contributed by atoms with Crippen LogP contribution in [0.4, 0.5) is 5.95 Å². The van der Waals surface area contributed by atoms with Gasteiger partial charge < -0.3 is 14.4 Å². The maximum atomic E-state index is 11.7. The average molecular weight is 461 g/mol. The third-order valence-corrected chi connectivity index (χ3v) is 7.17. The highest BCUT2D eigenvalue weighted by Crippen LogP contribution is 2.29. The van der Waals surface area contributed by atoms with Gasteiger partial charge in [-0.1, -0.05) is 0 Å². The molecule has 8 nitrogen and oxygen atoms in total. The molecule has 3 heterocycles. The summed E-state index contributed by atoms with van der Waals surface area (Å²) in [6.07, 6.45) is 11.3. The van der Waals surface area contributed by atoms with Crippen LogP contribution in [0.15, 0.2) is 29.6 Å². The molecular weight excluding hydrogens is 428 g/mol. The zero-order chi connectivity index (χ0) is 22.7. The van der Waals surface area contributed by atoms with E-state index in [4.69, 9.17) is 9.47 Å². The van der Waals surface area contributed by atoms with Gasteiger partial charge in [-0.15, -0.1) is 0 Å². The molecule has 0 amide bonds. The Bertz CT molecular complexity index is 1010. The predicted molar refractivity (Wildman–Crippen MR) is 122 cm³/mol. The van der Waals surface area contributed by atoms with E-state index in [-0.39, 0.29) is 23.3 Å². The van der Waals surface area contributed by atoms with Crippen LogP contribution in [0.3, 0.4) is 0 Å². The molecule has 1 aliphatic heterocycles. The summed E-state index contributed by atoms with van der Waals surface area (Å²) in [6.45, 7) is 5.62. The molecule has 1 aliphatic carbocycles. The molecule has 0 atom stereocenters. The minimum Gasteiger partial charge on any atom is -0.489 e. The second-order valence-electron chi connectivity index (χ2n) is 8.90. The lowest BCUT2D eigenvalue weighted by Crippen LogP contribution is -2.40. The average Bonchev–Trinajstić information content (AvgIpc) is 2.77. The largest absolute Gasteiger partial charge is 0.489 e. The topological polar surface area (TPSA) is 94.5 Å². The van der Waals surface area contributed by atoms with Gasteiger partial charge in [0.05, 0.1) is 24.0 Å². The summed E-state index contributed by atoms with van der Waals surface area (Å²) in [5.41, 5.74) is 1.68. The van der Waals surface area contributed by atoms with Gasteiger partial charge in [-0.3, -0.25) is 0 Å². The second kappa shape index (κ2) is 9.70. The zero-order valence-electron chi connectivity index (χ0n) is 19.0. The van der Waals surface area contributed by atoms with Crippen LogP contribution >= 0.6 is 0 Å². The van der Waals surface area contributed by atoms with Crippen molar-refractivity contribution in [2.45, 2.75) is 75.7 Å². The Morgan fingerprint density at radius 1 is 0.906 bits per heavy atom. The number of anilines is 1. The van der Waals surface area contributed by atoms with Crippen LogP contribution in [-0.2, 0) is 14.6 Å². The summed E-state index contributed by atoms with van der Waals surface area (Å²) in [7, 11) is -3.31. The first-order valence-corrected chi connectivity index (χ1v) is 13.2. The SMILES string of the molecule is Cc1cnc(N2CCC(OC3CCC(Oc4ccc(S(C)(=O)=O)nc4C)CC3)CC2)nc1. The van der Waals surface area contributed by atoms with E-state index in [9.17, 15) is 8.42 Å². The van der Waals surface area contributed by atoms with Gasteiger partial charge in [0.2, 0.25) is 5.95 Å². The molecule has 0 N–H and O–H groups in total. The van der Waals surface area contributed by atoms with E-state index in [1.807, 2.05) is 19.3 Å². The van der Waals surface area contributed by atoms with Crippen LogP contribution in [-0.4, -0.2) is 61.0 Å². The maximum Gasteiger partial charge on any atom is 0.225 e. The molecule has 1 saturated heterocycles. The van der Waals surface area contributed by atoms with Crippen LogP contribution in [0, 0.1) is 13.8 Å². The number of hydrogen-bond acceptors (Lipinski definition) is 8. The summed E-state index contributed by atoms with van der Waals surface area (Å²) >= 11 is 0. The first-order chi connectivity index (χ1) is 15.3. The van der Waals surface area contributed by atoms with E-state index < -0.39 is 9.84 Å². The third-order valence-electron chi connectivity index (χ3n) is 6.18. The molecule has 0 radical (unpaired) electrons. The number of aromatic nitrogens is 3. The second-order valence-corrected chi connectivity index (χ2v) is 10.9. The van der Waals surface area contributed by atoms with Crippen molar-refractivity contribution < 1.29 is 17.9 Å². The molecule has 9 heteroatoms. The first kappa shape index (κ1) is 22.9. The minimum absolute atomic E-state index is 0.0828. The highest BCUT2D eigenvalue weighted by molar-refractivity contribution is 7.90. The lowest BCUT2D eigenvalue weighted by atomic mass is 9.94. The number of piperidine rings is 1. The molecular formula is C23H32N4O4S. The number of ether oxygens (including phenoxy) is 2. The molecule has 2 aromatic heterocycles. The van der Waals surface area contributed by atoms with Crippen molar-refractivity contribution in [1.29, 1.82) is 0 Å². The van der Waals surface area contributed by atoms with E-state index in [0.717, 1.165) is 69.4 Å². The lowest BCUT2D eigenvalue weighted by Gasteiger charge is -2.36. The minimum atomic E-state index is -3.31. The maximum absolute atomic E-state index is 11.7. The lowest BCUT2D eigenvalue weighted by molar-refractivity contribution is -0.0529. The summed E-state index contributed by atoms with van der Waals surface area (Å²) in [5, 5.41) is 0.0828. The Labute approximate surface area is 190 Å². The number of aryl methyl sites for hydroxylation is 2. The molecule has 4 rings (SSSR count). The van der Waals surface area contributed by atoms with E-state index in [1.54, 1.807) is 13.0 Å². The molecule has 2 fully saturated rings. The fourth-order valence-electron chi connectivity index (χ4n) is 4.34. The predicted octanol–water partition coefficient (Wildman–Crippen LogP) is 3.27. The number of nitrogens with zero attached hydrogens (tertiary/aromatic N) is 4. The van der Waals surface area contributed by atoms with Crippen molar-refractivity contribution in [3.63, 3.8) is 0 Å². The van der Waals surface area contributed by atoms with Crippen LogP contribution in [0.2, 0.25) is 0 Å². The first-order valence-electron chi connectivity index (χ1n) is 11.3. The van der Waals surface area contributed by atoms with Gasteiger partial charge in [0.15, 0.2) is 14.9 Å². The highest BCUT2D eigenvalue weighted by Gasteiger charge is 2.28. The van der Waals surface area contributed by atoms with Gasteiger partial charge in [0.1, 0.15) is 5.75 Å². The van der Waals surface area contributed by atoms with Crippen molar-refractivity contribution in [2.24, 2.45) is 0 Å². The van der Waals surface area contributed by atoms with Gasteiger partial charge in [0.25, 0.3) is 0 Å². The molecule has 0 unspecified atom stereocenters. The van der Waals surface area contributed by atoms with Gasteiger partial charge in [-0.25, -0.2) is 23.4 Å². The van der Waals surface area contributed by atoms with E-state index >= 15 is 0 Å². The van der Waals surface area contributed by atoms with Gasteiger partial charge in [-0.05, 0) is 70.1 Å². The summed E-state index contributed by atoms with van der Waals surface area (Å²) in [5.74, 6) is 1.47. The third kappa shape index (κ3) is 5.75. The Balaban J connectivity index is 1.21. The van der Waals surface area contributed by atoms with Gasteiger partial charge >= 0.3 is 0 Å². The van der Waals surface area contributed by atoms with Gasteiger partial charge in [-0.2, -0.15) is 0 Å². The van der Waals surface area contributed by atoms with Crippen molar-refractivity contribution >= 4 is 15.8 Å². The van der Waals surface area contributed by atoms with Crippen molar-refractivity contribution in [3.05, 3.63) is 35.8 Å². The van der Waals surface area contributed by atoms with E-state index in [0.29, 0.717) is 11.4 Å². The van der Waals surface area contributed by atoms with E-state index in [1.165, 1.54) is 6.07 Å². The summed E-state index contributed by atoms with van der Waals surface area (Å²) in [6, 6.07) is 3.23. The molecule has 32 heavy (non-hydrogen) atoms.